The second-order valence-electron chi connectivity index (χ2n) is 8.16. The van der Waals surface area contributed by atoms with Gasteiger partial charge in [0.25, 0.3) is 0 Å². The van der Waals surface area contributed by atoms with Gasteiger partial charge in [-0.1, -0.05) is 0 Å². The molecule has 0 spiro atoms. The molecule has 0 aliphatic rings. The van der Waals surface area contributed by atoms with Crippen molar-refractivity contribution in [2.45, 2.75) is 85.2 Å². The maximum Gasteiger partial charge on any atom is 0.408 e. The standard InChI is InChI=1S/C16H31NO5/c1-14(2,3)20-10-11(12(18)21-15(4,5)6)17-13(19)22-16(7,8)9/h11H,10H2,1-9H3,(H,17,19)/t11-/m0/s1. The maximum atomic E-state index is 12.2. The van der Waals surface area contributed by atoms with E-state index in [4.69, 9.17) is 14.2 Å². The summed E-state index contributed by atoms with van der Waals surface area (Å²) in [6, 6.07) is -0.923. The van der Waals surface area contributed by atoms with Crippen molar-refractivity contribution in [1.29, 1.82) is 0 Å². The Labute approximate surface area is 133 Å². The fourth-order valence-electron chi connectivity index (χ4n) is 1.32. The van der Waals surface area contributed by atoms with Crippen LogP contribution >= 0.6 is 0 Å². The normalized spacial score (nSPS) is 14.2. The average molecular weight is 317 g/mol. The zero-order chi connectivity index (χ0) is 17.8. The minimum atomic E-state index is -0.923. The molecule has 0 aliphatic heterocycles. The third-order valence-corrected chi connectivity index (χ3v) is 2.07. The summed E-state index contributed by atoms with van der Waals surface area (Å²) < 4.78 is 16.1. The van der Waals surface area contributed by atoms with Crippen molar-refractivity contribution in [3.63, 3.8) is 0 Å². The highest BCUT2D eigenvalue weighted by Gasteiger charge is 2.30. The van der Waals surface area contributed by atoms with Gasteiger partial charge in [0.05, 0.1) is 12.2 Å². The van der Waals surface area contributed by atoms with E-state index in [1.54, 1.807) is 41.5 Å². The Morgan fingerprint density at radius 1 is 0.818 bits per heavy atom. The van der Waals surface area contributed by atoms with Crippen molar-refractivity contribution in [1.82, 2.24) is 5.32 Å². The first-order valence-corrected chi connectivity index (χ1v) is 7.45. The first-order valence-electron chi connectivity index (χ1n) is 7.45. The van der Waals surface area contributed by atoms with Gasteiger partial charge in [-0.2, -0.15) is 0 Å². The zero-order valence-electron chi connectivity index (χ0n) is 15.3. The molecular formula is C16H31NO5. The van der Waals surface area contributed by atoms with Gasteiger partial charge >= 0.3 is 12.1 Å². The Morgan fingerprint density at radius 2 is 1.27 bits per heavy atom. The summed E-state index contributed by atoms with van der Waals surface area (Å²) in [6.45, 7) is 16.2. The van der Waals surface area contributed by atoms with Crippen LogP contribution in [0.25, 0.3) is 0 Å². The van der Waals surface area contributed by atoms with Gasteiger partial charge in [0.15, 0.2) is 6.04 Å². The Bertz CT molecular complexity index is 385. The van der Waals surface area contributed by atoms with E-state index in [1.165, 1.54) is 0 Å². The van der Waals surface area contributed by atoms with Crippen molar-refractivity contribution in [2.75, 3.05) is 6.61 Å². The topological polar surface area (TPSA) is 73.9 Å². The predicted molar refractivity (Wildman–Crippen MR) is 84.7 cm³/mol. The lowest BCUT2D eigenvalue weighted by Crippen LogP contribution is -2.49. The number of alkyl carbamates (subject to hydrolysis) is 1. The number of ether oxygens (including phenoxy) is 3. The van der Waals surface area contributed by atoms with Gasteiger partial charge in [-0.05, 0) is 62.3 Å². The molecule has 6 heteroatoms. The highest BCUT2D eigenvalue weighted by Crippen LogP contribution is 2.13. The summed E-state index contributed by atoms with van der Waals surface area (Å²) >= 11 is 0. The highest BCUT2D eigenvalue weighted by atomic mass is 16.6. The second kappa shape index (κ2) is 7.31. The molecule has 0 heterocycles. The summed E-state index contributed by atoms with van der Waals surface area (Å²) in [5, 5.41) is 2.51. The molecule has 1 atom stereocenters. The second-order valence-corrected chi connectivity index (χ2v) is 8.16. The van der Waals surface area contributed by atoms with E-state index in [0.29, 0.717) is 0 Å². The number of hydrogen-bond acceptors (Lipinski definition) is 5. The summed E-state index contributed by atoms with van der Waals surface area (Å²) in [5.74, 6) is -0.553. The molecular weight excluding hydrogens is 286 g/mol. The number of amides is 1. The third kappa shape index (κ3) is 11.4. The van der Waals surface area contributed by atoms with Crippen LogP contribution in [-0.2, 0) is 19.0 Å². The molecule has 0 saturated carbocycles. The molecule has 0 aliphatic carbocycles. The van der Waals surface area contributed by atoms with E-state index < -0.39 is 34.9 Å². The van der Waals surface area contributed by atoms with Crippen LogP contribution in [0, 0.1) is 0 Å². The summed E-state index contributed by atoms with van der Waals surface area (Å²) in [7, 11) is 0. The number of esters is 1. The van der Waals surface area contributed by atoms with E-state index in [-0.39, 0.29) is 6.61 Å². The van der Waals surface area contributed by atoms with E-state index in [1.807, 2.05) is 20.8 Å². The van der Waals surface area contributed by atoms with Gasteiger partial charge in [-0.3, -0.25) is 0 Å². The molecule has 0 saturated heterocycles. The SMILES string of the molecule is CC(C)(C)OC[C@H](NC(=O)OC(C)(C)C)C(=O)OC(C)(C)C. The predicted octanol–water partition coefficient (Wildman–Crippen LogP) is 3.04. The van der Waals surface area contributed by atoms with Crippen molar-refractivity contribution in [3.05, 3.63) is 0 Å². The summed E-state index contributed by atoms with van der Waals surface area (Å²) in [6.07, 6.45) is -0.680. The molecule has 0 rings (SSSR count). The Morgan fingerprint density at radius 3 is 1.64 bits per heavy atom. The lowest BCUT2D eigenvalue weighted by atomic mass is 10.1. The van der Waals surface area contributed by atoms with Crippen LogP contribution in [-0.4, -0.2) is 41.5 Å². The van der Waals surface area contributed by atoms with E-state index in [9.17, 15) is 9.59 Å². The van der Waals surface area contributed by atoms with Gasteiger partial charge in [0.1, 0.15) is 11.2 Å². The summed E-state index contributed by atoms with van der Waals surface area (Å²) in [5.41, 5.74) is -1.73. The summed E-state index contributed by atoms with van der Waals surface area (Å²) in [4.78, 5) is 24.1. The number of rotatable bonds is 4. The number of hydrogen-bond donors (Lipinski definition) is 1. The van der Waals surface area contributed by atoms with Crippen molar-refractivity contribution in [2.24, 2.45) is 0 Å². The number of nitrogens with one attached hydrogen (secondary N) is 1. The molecule has 0 aromatic carbocycles. The molecule has 130 valence electrons. The van der Waals surface area contributed by atoms with Gasteiger partial charge in [-0.25, -0.2) is 9.59 Å². The number of carbonyl (C=O) groups excluding carboxylic acids is 2. The van der Waals surface area contributed by atoms with Crippen LogP contribution < -0.4 is 5.32 Å². The quantitative estimate of drug-likeness (QED) is 0.807. The van der Waals surface area contributed by atoms with Gasteiger partial charge < -0.3 is 19.5 Å². The molecule has 1 N–H and O–H groups in total. The fraction of sp³-hybridized carbons (Fsp3) is 0.875. The smallest absolute Gasteiger partial charge is 0.408 e. The lowest BCUT2D eigenvalue weighted by molar-refractivity contribution is -0.160. The van der Waals surface area contributed by atoms with Crippen molar-refractivity contribution >= 4 is 12.1 Å². The largest absolute Gasteiger partial charge is 0.458 e. The molecule has 0 fully saturated rings. The molecule has 1 amide bonds. The Hall–Kier alpha value is -1.30. The Kier molecular flexibility index (Phi) is 6.88. The third-order valence-electron chi connectivity index (χ3n) is 2.07. The van der Waals surface area contributed by atoms with Crippen molar-refractivity contribution < 1.29 is 23.8 Å². The van der Waals surface area contributed by atoms with E-state index in [0.717, 1.165) is 0 Å². The molecule has 0 unspecified atom stereocenters. The minimum absolute atomic E-state index is 0.0116. The van der Waals surface area contributed by atoms with Crippen LogP contribution in [0.4, 0.5) is 4.79 Å². The molecule has 0 aromatic heterocycles. The average Bonchev–Trinajstić information content (AvgIpc) is 2.17. The molecule has 6 nitrogen and oxygen atoms in total. The minimum Gasteiger partial charge on any atom is -0.458 e. The highest BCUT2D eigenvalue weighted by molar-refractivity contribution is 5.81. The maximum absolute atomic E-state index is 12.2. The zero-order valence-corrected chi connectivity index (χ0v) is 15.3. The van der Waals surface area contributed by atoms with E-state index in [2.05, 4.69) is 5.32 Å². The van der Waals surface area contributed by atoms with Gasteiger partial charge in [0.2, 0.25) is 0 Å². The first kappa shape index (κ1) is 20.7. The van der Waals surface area contributed by atoms with Crippen LogP contribution in [0.1, 0.15) is 62.3 Å². The molecule has 0 radical (unpaired) electrons. The van der Waals surface area contributed by atoms with Gasteiger partial charge in [0, 0.05) is 0 Å². The number of carbonyl (C=O) groups is 2. The van der Waals surface area contributed by atoms with Crippen molar-refractivity contribution in [3.8, 4) is 0 Å². The first-order chi connectivity index (χ1) is 9.59. The van der Waals surface area contributed by atoms with Crippen LogP contribution in [0.3, 0.4) is 0 Å². The fourth-order valence-corrected chi connectivity index (χ4v) is 1.32. The Balaban J connectivity index is 4.86. The van der Waals surface area contributed by atoms with Crippen LogP contribution in [0.2, 0.25) is 0 Å². The molecule has 0 bridgehead atoms. The van der Waals surface area contributed by atoms with E-state index >= 15 is 0 Å². The van der Waals surface area contributed by atoms with Crippen LogP contribution in [0.15, 0.2) is 0 Å². The monoisotopic (exact) mass is 317 g/mol. The van der Waals surface area contributed by atoms with Gasteiger partial charge in [-0.15, -0.1) is 0 Å². The molecule has 0 aromatic rings. The lowest BCUT2D eigenvalue weighted by Gasteiger charge is -2.28. The molecule has 22 heavy (non-hydrogen) atoms. The van der Waals surface area contributed by atoms with Crippen LogP contribution in [0.5, 0.6) is 0 Å².